The number of benzene rings is 2. The fourth-order valence-corrected chi connectivity index (χ4v) is 2.76. The van der Waals surface area contributed by atoms with Gasteiger partial charge < -0.3 is 5.11 Å². The third-order valence-corrected chi connectivity index (χ3v) is 4.17. The fraction of sp³-hybridized carbons (Fsp3) is 0.294. The number of hydrogen-bond acceptors (Lipinski definition) is 1. The molecule has 0 aliphatic heterocycles. The van der Waals surface area contributed by atoms with Crippen molar-refractivity contribution in [1.82, 2.24) is 0 Å². The number of halogens is 2. The van der Waals surface area contributed by atoms with Crippen LogP contribution >= 0.6 is 15.9 Å². The maximum Gasteiger partial charge on any atom is 0.137 e. The van der Waals surface area contributed by atoms with Gasteiger partial charge in [-0.3, -0.25) is 0 Å². The van der Waals surface area contributed by atoms with Crippen LogP contribution in [0.3, 0.4) is 0 Å². The normalized spacial score (nSPS) is 12.4. The lowest BCUT2D eigenvalue weighted by molar-refractivity contribution is 0.220. The molecule has 0 radical (unpaired) electrons. The van der Waals surface area contributed by atoms with E-state index >= 15 is 0 Å². The van der Waals surface area contributed by atoms with E-state index in [2.05, 4.69) is 35.8 Å². The van der Waals surface area contributed by atoms with Crippen LogP contribution in [-0.4, -0.2) is 5.11 Å². The molecule has 1 N–H and O–H groups in total. The van der Waals surface area contributed by atoms with Crippen molar-refractivity contribution in [2.24, 2.45) is 0 Å². The van der Waals surface area contributed by atoms with Gasteiger partial charge in [0.05, 0.1) is 4.47 Å². The van der Waals surface area contributed by atoms with Gasteiger partial charge in [-0.1, -0.05) is 38.1 Å². The summed E-state index contributed by atoms with van der Waals surface area (Å²) in [4.78, 5) is 0. The summed E-state index contributed by atoms with van der Waals surface area (Å²) < 4.78 is 13.6. The molecular weight excluding hydrogens is 319 g/mol. The lowest BCUT2D eigenvalue weighted by Crippen LogP contribution is -2.02. The molecule has 20 heavy (non-hydrogen) atoms. The molecule has 1 nitrogen and oxygen atoms in total. The van der Waals surface area contributed by atoms with Gasteiger partial charge in [-0.25, -0.2) is 4.39 Å². The molecule has 0 bridgehead atoms. The molecule has 1 unspecified atom stereocenters. The fourth-order valence-electron chi connectivity index (χ4n) is 2.36. The van der Waals surface area contributed by atoms with Crippen LogP contribution in [-0.2, 0) is 12.8 Å². The highest BCUT2D eigenvalue weighted by Crippen LogP contribution is 2.27. The Morgan fingerprint density at radius 3 is 2.20 bits per heavy atom. The first-order valence-corrected chi connectivity index (χ1v) is 7.60. The van der Waals surface area contributed by atoms with Gasteiger partial charge in [0.1, 0.15) is 11.9 Å². The van der Waals surface area contributed by atoms with Crippen LogP contribution in [0.4, 0.5) is 4.39 Å². The molecule has 0 aromatic heterocycles. The van der Waals surface area contributed by atoms with E-state index in [4.69, 9.17) is 0 Å². The van der Waals surface area contributed by atoms with Gasteiger partial charge in [0.15, 0.2) is 0 Å². The summed E-state index contributed by atoms with van der Waals surface area (Å²) in [6.45, 7) is 4.24. The van der Waals surface area contributed by atoms with E-state index in [-0.39, 0.29) is 5.82 Å². The maximum absolute atomic E-state index is 13.3. The van der Waals surface area contributed by atoms with Gasteiger partial charge in [-0.2, -0.15) is 0 Å². The first kappa shape index (κ1) is 15.2. The van der Waals surface area contributed by atoms with E-state index in [0.29, 0.717) is 10.0 Å². The summed E-state index contributed by atoms with van der Waals surface area (Å²) in [5.74, 6) is -0.323. The molecule has 0 amide bonds. The Kier molecular flexibility index (Phi) is 4.95. The van der Waals surface area contributed by atoms with Crippen LogP contribution in [0.5, 0.6) is 0 Å². The lowest BCUT2D eigenvalue weighted by Gasteiger charge is -2.15. The van der Waals surface area contributed by atoms with Crippen molar-refractivity contribution in [1.29, 1.82) is 0 Å². The Morgan fingerprint density at radius 1 is 1.00 bits per heavy atom. The highest BCUT2D eigenvalue weighted by Gasteiger charge is 2.13. The molecular formula is C17H18BrFO. The van der Waals surface area contributed by atoms with Crippen molar-refractivity contribution in [3.8, 4) is 0 Å². The Balaban J connectivity index is 2.37. The van der Waals surface area contributed by atoms with Crippen molar-refractivity contribution in [2.75, 3.05) is 0 Å². The van der Waals surface area contributed by atoms with Crippen LogP contribution in [0, 0.1) is 5.82 Å². The Labute approximate surface area is 127 Å². The SMILES string of the molecule is CCc1ccc(C(O)c2ccc(F)c(Br)c2)cc1CC. The second-order valence-corrected chi connectivity index (χ2v) is 5.67. The first-order chi connectivity index (χ1) is 9.56. The minimum atomic E-state index is -0.733. The number of rotatable bonds is 4. The zero-order chi connectivity index (χ0) is 14.7. The van der Waals surface area contributed by atoms with E-state index in [1.807, 2.05) is 12.1 Å². The molecule has 2 aromatic carbocycles. The third kappa shape index (κ3) is 3.10. The topological polar surface area (TPSA) is 20.2 Å². The molecule has 1 atom stereocenters. The Bertz CT molecular complexity index is 610. The summed E-state index contributed by atoms with van der Waals surface area (Å²) >= 11 is 3.15. The van der Waals surface area contributed by atoms with Gasteiger partial charge in [0.2, 0.25) is 0 Å². The zero-order valence-electron chi connectivity index (χ0n) is 11.7. The average molecular weight is 337 g/mol. The molecule has 0 aliphatic rings. The van der Waals surface area contributed by atoms with Gasteiger partial charge in [0, 0.05) is 0 Å². The Morgan fingerprint density at radius 2 is 1.60 bits per heavy atom. The monoisotopic (exact) mass is 336 g/mol. The van der Waals surface area contributed by atoms with Crippen molar-refractivity contribution in [2.45, 2.75) is 32.8 Å². The van der Waals surface area contributed by atoms with Gasteiger partial charge in [-0.15, -0.1) is 0 Å². The predicted molar refractivity (Wildman–Crippen MR) is 83.4 cm³/mol. The standard InChI is InChI=1S/C17H18BrFO/c1-3-11-5-6-13(9-12(11)4-2)17(20)14-7-8-16(19)15(18)10-14/h5-10,17,20H,3-4H2,1-2H3. The van der Waals surface area contributed by atoms with Crippen molar-refractivity contribution in [3.05, 3.63) is 68.9 Å². The van der Waals surface area contributed by atoms with E-state index in [1.165, 1.54) is 17.2 Å². The highest BCUT2D eigenvalue weighted by atomic mass is 79.9. The number of aliphatic hydroxyl groups excluding tert-OH is 1. The van der Waals surface area contributed by atoms with Crippen LogP contribution in [0.2, 0.25) is 0 Å². The minimum Gasteiger partial charge on any atom is -0.384 e. The van der Waals surface area contributed by atoms with Gasteiger partial charge in [0.25, 0.3) is 0 Å². The van der Waals surface area contributed by atoms with E-state index in [1.54, 1.807) is 12.1 Å². The predicted octanol–water partition coefficient (Wildman–Crippen LogP) is 4.79. The largest absolute Gasteiger partial charge is 0.384 e. The van der Waals surface area contributed by atoms with E-state index < -0.39 is 6.10 Å². The number of hydrogen-bond donors (Lipinski definition) is 1. The summed E-state index contributed by atoms with van der Waals surface area (Å²) in [5, 5.41) is 10.4. The molecule has 0 saturated heterocycles. The molecule has 0 aliphatic carbocycles. The summed E-state index contributed by atoms with van der Waals surface area (Å²) in [7, 11) is 0. The van der Waals surface area contributed by atoms with Crippen molar-refractivity contribution >= 4 is 15.9 Å². The van der Waals surface area contributed by atoms with Gasteiger partial charge in [-0.05, 0) is 63.2 Å². The molecule has 3 heteroatoms. The van der Waals surface area contributed by atoms with Crippen LogP contribution in [0.15, 0.2) is 40.9 Å². The van der Waals surface area contributed by atoms with Crippen LogP contribution < -0.4 is 0 Å². The molecule has 0 fully saturated rings. The molecule has 0 saturated carbocycles. The van der Waals surface area contributed by atoms with Crippen LogP contribution in [0.25, 0.3) is 0 Å². The second-order valence-electron chi connectivity index (χ2n) is 4.81. The van der Waals surface area contributed by atoms with Crippen LogP contribution in [0.1, 0.15) is 42.2 Å². The Hall–Kier alpha value is -1.19. The molecule has 106 valence electrons. The quantitative estimate of drug-likeness (QED) is 0.850. The molecule has 0 heterocycles. The number of aliphatic hydroxyl groups is 1. The summed E-state index contributed by atoms with van der Waals surface area (Å²) in [6.07, 6.45) is 1.20. The minimum absolute atomic E-state index is 0.323. The first-order valence-electron chi connectivity index (χ1n) is 6.81. The van der Waals surface area contributed by atoms with E-state index in [9.17, 15) is 9.50 Å². The van der Waals surface area contributed by atoms with Crippen molar-refractivity contribution < 1.29 is 9.50 Å². The maximum atomic E-state index is 13.3. The molecule has 2 aromatic rings. The summed E-state index contributed by atoms with van der Waals surface area (Å²) in [6, 6.07) is 10.7. The zero-order valence-corrected chi connectivity index (χ0v) is 13.2. The lowest BCUT2D eigenvalue weighted by atomic mass is 9.95. The number of aryl methyl sites for hydroxylation is 2. The van der Waals surface area contributed by atoms with Crippen molar-refractivity contribution in [3.63, 3.8) is 0 Å². The van der Waals surface area contributed by atoms with Gasteiger partial charge >= 0.3 is 0 Å². The highest BCUT2D eigenvalue weighted by molar-refractivity contribution is 9.10. The second kappa shape index (κ2) is 6.51. The summed E-state index contributed by atoms with van der Waals surface area (Å²) in [5.41, 5.74) is 4.09. The van der Waals surface area contributed by atoms with E-state index in [0.717, 1.165) is 18.4 Å². The average Bonchev–Trinajstić information content (AvgIpc) is 2.48. The third-order valence-electron chi connectivity index (χ3n) is 3.57. The smallest absolute Gasteiger partial charge is 0.137 e. The molecule has 2 rings (SSSR count). The molecule has 0 spiro atoms.